The van der Waals surface area contributed by atoms with Gasteiger partial charge in [0.05, 0.1) is 0 Å². The van der Waals surface area contributed by atoms with E-state index < -0.39 is 0 Å². The van der Waals surface area contributed by atoms with Gasteiger partial charge in [0.15, 0.2) is 0 Å². The molecule has 0 bridgehead atoms. The van der Waals surface area contributed by atoms with Gasteiger partial charge in [-0.05, 0) is 23.8 Å². The van der Waals surface area contributed by atoms with Crippen LogP contribution in [0, 0.1) is 0 Å². The number of halogens is 1. The van der Waals surface area contributed by atoms with E-state index in [0.29, 0.717) is 18.2 Å². The summed E-state index contributed by atoms with van der Waals surface area (Å²) in [7, 11) is 0. The lowest BCUT2D eigenvalue weighted by atomic mass is 10.2. The number of amides is 1. The smallest absolute Gasteiger partial charge is 0.217 e. The summed E-state index contributed by atoms with van der Waals surface area (Å²) >= 11 is 6.07. The number of rotatable bonds is 5. The van der Waals surface area contributed by atoms with Crippen LogP contribution < -0.4 is 10.1 Å². The molecule has 4 heteroatoms. The van der Waals surface area contributed by atoms with Gasteiger partial charge in [0.25, 0.3) is 0 Å². The van der Waals surface area contributed by atoms with Crippen molar-refractivity contribution in [2.24, 2.45) is 0 Å². The minimum atomic E-state index is -0.0379. The summed E-state index contributed by atoms with van der Waals surface area (Å²) in [4.78, 5) is 10.8. The maximum atomic E-state index is 10.8. The average Bonchev–Trinajstić information content (AvgIpc) is 2.45. The number of carbonyl (C=O) groups is 1. The SMILES string of the molecule is CC(=O)NCc1ccc(OCc2ccccc2Cl)cc1. The molecule has 3 nitrogen and oxygen atoms in total. The Labute approximate surface area is 123 Å². The van der Waals surface area contributed by atoms with Gasteiger partial charge in [-0.3, -0.25) is 4.79 Å². The summed E-state index contributed by atoms with van der Waals surface area (Å²) in [6.07, 6.45) is 0. The van der Waals surface area contributed by atoms with E-state index in [2.05, 4.69) is 5.32 Å². The molecule has 1 amide bonds. The summed E-state index contributed by atoms with van der Waals surface area (Å²) in [6.45, 7) is 2.46. The molecule has 0 atom stereocenters. The predicted octanol–water partition coefficient (Wildman–Crippen LogP) is 3.56. The van der Waals surface area contributed by atoms with E-state index in [1.54, 1.807) is 0 Å². The lowest BCUT2D eigenvalue weighted by Crippen LogP contribution is -2.18. The van der Waals surface area contributed by atoms with E-state index in [-0.39, 0.29) is 5.91 Å². The molecule has 0 saturated heterocycles. The van der Waals surface area contributed by atoms with Crippen LogP contribution in [-0.2, 0) is 17.9 Å². The summed E-state index contributed by atoms with van der Waals surface area (Å²) in [6, 6.07) is 15.2. The molecule has 2 rings (SSSR count). The molecule has 0 radical (unpaired) electrons. The van der Waals surface area contributed by atoms with E-state index in [4.69, 9.17) is 16.3 Å². The molecule has 0 fully saturated rings. The van der Waals surface area contributed by atoms with Crippen molar-refractivity contribution in [1.82, 2.24) is 5.32 Å². The zero-order valence-electron chi connectivity index (χ0n) is 11.2. The monoisotopic (exact) mass is 289 g/mol. The van der Waals surface area contributed by atoms with Crippen molar-refractivity contribution in [3.63, 3.8) is 0 Å². The summed E-state index contributed by atoms with van der Waals surface area (Å²) in [5.74, 6) is 0.737. The summed E-state index contributed by atoms with van der Waals surface area (Å²) in [5, 5.41) is 3.45. The number of nitrogens with one attached hydrogen (secondary N) is 1. The highest BCUT2D eigenvalue weighted by Crippen LogP contribution is 2.18. The second kappa shape index (κ2) is 6.96. The number of hydrogen-bond donors (Lipinski definition) is 1. The molecule has 1 N–H and O–H groups in total. The molecule has 0 saturated carbocycles. The molecule has 2 aromatic rings. The van der Waals surface area contributed by atoms with Gasteiger partial charge in [-0.25, -0.2) is 0 Å². The van der Waals surface area contributed by atoms with Crippen molar-refractivity contribution in [1.29, 1.82) is 0 Å². The molecule has 0 aliphatic heterocycles. The average molecular weight is 290 g/mol. The molecule has 0 aromatic heterocycles. The van der Waals surface area contributed by atoms with Crippen molar-refractivity contribution in [2.45, 2.75) is 20.1 Å². The lowest BCUT2D eigenvalue weighted by Gasteiger charge is -2.08. The Morgan fingerprint density at radius 1 is 1.15 bits per heavy atom. The van der Waals surface area contributed by atoms with Gasteiger partial charge in [0, 0.05) is 24.1 Å². The van der Waals surface area contributed by atoms with Gasteiger partial charge in [0.1, 0.15) is 12.4 Å². The molecule has 0 unspecified atom stereocenters. The third-order valence-corrected chi connectivity index (χ3v) is 3.19. The van der Waals surface area contributed by atoms with Crippen LogP contribution in [0.1, 0.15) is 18.1 Å². The van der Waals surface area contributed by atoms with Gasteiger partial charge >= 0.3 is 0 Å². The quantitative estimate of drug-likeness (QED) is 0.914. The largest absolute Gasteiger partial charge is 0.489 e. The minimum Gasteiger partial charge on any atom is -0.489 e. The molecule has 20 heavy (non-hydrogen) atoms. The third kappa shape index (κ3) is 4.28. The maximum absolute atomic E-state index is 10.8. The summed E-state index contributed by atoms with van der Waals surface area (Å²) < 4.78 is 5.68. The second-order valence-corrected chi connectivity index (χ2v) is 4.84. The molecular formula is C16H16ClNO2. The van der Waals surface area contributed by atoms with E-state index in [1.165, 1.54) is 6.92 Å². The first-order valence-electron chi connectivity index (χ1n) is 6.35. The van der Waals surface area contributed by atoms with Crippen LogP contribution in [0.15, 0.2) is 48.5 Å². The molecule has 0 spiro atoms. The Morgan fingerprint density at radius 3 is 2.50 bits per heavy atom. The van der Waals surface area contributed by atoms with Crippen molar-refractivity contribution >= 4 is 17.5 Å². The molecule has 104 valence electrons. The van der Waals surface area contributed by atoms with Crippen LogP contribution in [0.25, 0.3) is 0 Å². The zero-order chi connectivity index (χ0) is 14.4. The maximum Gasteiger partial charge on any atom is 0.217 e. The van der Waals surface area contributed by atoms with E-state index >= 15 is 0 Å². The van der Waals surface area contributed by atoms with Crippen molar-refractivity contribution in [2.75, 3.05) is 0 Å². The Kier molecular flexibility index (Phi) is 5.02. The Bertz CT molecular complexity index is 581. The van der Waals surface area contributed by atoms with Gasteiger partial charge < -0.3 is 10.1 Å². The fourth-order valence-corrected chi connectivity index (χ4v) is 1.90. The van der Waals surface area contributed by atoms with Gasteiger partial charge in [-0.15, -0.1) is 0 Å². The number of hydrogen-bond acceptors (Lipinski definition) is 2. The van der Waals surface area contributed by atoms with Gasteiger partial charge in [0.2, 0.25) is 5.91 Å². The molecule has 0 heterocycles. The molecular weight excluding hydrogens is 274 g/mol. The molecule has 0 aliphatic rings. The van der Waals surface area contributed by atoms with E-state index in [1.807, 2.05) is 48.5 Å². The Morgan fingerprint density at radius 2 is 1.85 bits per heavy atom. The normalized spacial score (nSPS) is 10.1. The Hall–Kier alpha value is -2.00. The fraction of sp³-hybridized carbons (Fsp3) is 0.188. The summed E-state index contributed by atoms with van der Waals surface area (Å²) in [5.41, 5.74) is 1.99. The van der Waals surface area contributed by atoms with E-state index in [0.717, 1.165) is 16.9 Å². The fourth-order valence-electron chi connectivity index (χ4n) is 1.71. The highest BCUT2D eigenvalue weighted by molar-refractivity contribution is 6.31. The zero-order valence-corrected chi connectivity index (χ0v) is 12.0. The van der Waals surface area contributed by atoms with Crippen molar-refractivity contribution in [3.8, 4) is 5.75 Å². The predicted molar refractivity (Wildman–Crippen MR) is 79.7 cm³/mol. The first-order valence-corrected chi connectivity index (χ1v) is 6.72. The van der Waals surface area contributed by atoms with Gasteiger partial charge in [-0.1, -0.05) is 41.9 Å². The number of ether oxygens (including phenoxy) is 1. The first kappa shape index (κ1) is 14.4. The van der Waals surface area contributed by atoms with Crippen LogP contribution in [0.2, 0.25) is 5.02 Å². The van der Waals surface area contributed by atoms with Crippen LogP contribution in [-0.4, -0.2) is 5.91 Å². The topological polar surface area (TPSA) is 38.3 Å². The van der Waals surface area contributed by atoms with E-state index in [9.17, 15) is 4.79 Å². The first-order chi connectivity index (χ1) is 9.65. The van der Waals surface area contributed by atoms with Crippen molar-refractivity contribution in [3.05, 3.63) is 64.7 Å². The third-order valence-electron chi connectivity index (χ3n) is 2.82. The number of carbonyl (C=O) groups excluding carboxylic acids is 1. The van der Waals surface area contributed by atoms with Gasteiger partial charge in [-0.2, -0.15) is 0 Å². The lowest BCUT2D eigenvalue weighted by molar-refractivity contribution is -0.119. The van der Waals surface area contributed by atoms with Crippen LogP contribution >= 0.6 is 11.6 Å². The minimum absolute atomic E-state index is 0.0379. The highest BCUT2D eigenvalue weighted by atomic mass is 35.5. The highest BCUT2D eigenvalue weighted by Gasteiger charge is 2.01. The van der Waals surface area contributed by atoms with Crippen molar-refractivity contribution < 1.29 is 9.53 Å². The molecule has 2 aromatic carbocycles. The standard InChI is InChI=1S/C16H16ClNO2/c1-12(19)18-10-13-6-8-15(9-7-13)20-11-14-4-2-3-5-16(14)17/h2-9H,10-11H2,1H3,(H,18,19). The second-order valence-electron chi connectivity index (χ2n) is 4.43. The number of benzene rings is 2. The Balaban J connectivity index is 1.91. The van der Waals surface area contributed by atoms with Crippen LogP contribution in [0.3, 0.4) is 0 Å². The van der Waals surface area contributed by atoms with Crippen LogP contribution in [0.5, 0.6) is 5.75 Å². The molecule has 0 aliphatic carbocycles. The van der Waals surface area contributed by atoms with Crippen LogP contribution in [0.4, 0.5) is 0 Å².